The standard InChI is InChI=1S/C48H32N2/c1-2-14-33(15-3-1)39-20-4-5-21-40(39)34-26-27-43-44(32-34)48(38-19-13-17-36(31-38)46-25-9-11-29-50-46)42-23-7-6-22-41(42)47(43)37-18-12-16-35(30-37)45-24-8-10-28-49-45/h1-32H. The van der Waals surface area contributed by atoms with Crippen LogP contribution in [-0.4, -0.2) is 9.97 Å². The fraction of sp³-hybridized carbons (Fsp3) is 0. The van der Waals surface area contributed by atoms with Gasteiger partial charge in [0.25, 0.3) is 0 Å². The Morgan fingerprint density at radius 2 is 0.720 bits per heavy atom. The second kappa shape index (κ2) is 12.8. The molecule has 0 unspecified atom stereocenters. The van der Waals surface area contributed by atoms with Gasteiger partial charge in [0.15, 0.2) is 0 Å². The van der Waals surface area contributed by atoms with Crippen LogP contribution < -0.4 is 0 Å². The molecule has 0 aliphatic heterocycles. The second-order valence-electron chi connectivity index (χ2n) is 12.6. The maximum Gasteiger partial charge on any atom is 0.0702 e. The number of hydrogen-bond donors (Lipinski definition) is 0. The predicted octanol–water partition coefficient (Wildman–Crippen LogP) is 12.8. The Morgan fingerprint density at radius 1 is 0.260 bits per heavy atom. The van der Waals surface area contributed by atoms with Crippen LogP contribution in [0.15, 0.2) is 194 Å². The molecule has 0 bridgehead atoms. The highest BCUT2D eigenvalue weighted by Crippen LogP contribution is 2.46. The van der Waals surface area contributed by atoms with Gasteiger partial charge in [0.1, 0.15) is 0 Å². The van der Waals surface area contributed by atoms with Crippen LogP contribution in [0.25, 0.3) is 88.6 Å². The van der Waals surface area contributed by atoms with Crippen molar-refractivity contribution in [3.8, 4) is 67.0 Å². The summed E-state index contributed by atoms with van der Waals surface area (Å²) in [5.41, 5.74) is 13.7. The van der Waals surface area contributed by atoms with E-state index in [1.807, 2.05) is 36.7 Å². The lowest BCUT2D eigenvalue weighted by molar-refractivity contribution is 1.33. The Labute approximate surface area is 292 Å². The molecule has 9 aromatic rings. The van der Waals surface area contributed by atoms with Gasteiger partial charge in [-0.2, -0.15) is 0 Å². The Bertz CT molecular complexity index is 2630. The van der Waals surface area contributed by atoms with Crippen molar-refractivity contribution in [3.63, 3.8) is 0 Å². The smallest absolute Gasteiger partial charge is 0.0702 e. The van der Waals surface area contributed by atoms with Crippen LogP contribution in [-0.2, 0) is 0 Å². The van der Waals surface area contributed by atoms with E-state index in [-0.39, 0.29) is 0 Å². The molecule has 0 aliphatic rings. The number of hydrogen-bond acceptors (Lipinski definition) is 2. The minimum atomic E-state index is 0.961. The van der Waals surface area contributed by atoms with Crippen LogP contribution >= 0.6 is 0 Å². The molecular weight excluding hydrogens is 605 g/mol. The SMILES string of the molecule is c1ccc(-c2ccccc2-c2ccc3c(-c4cccc(-c5ccccn5)c4)c4ccccc4c(-c4cccc(-c5ccccn5)c4)c3c2)cc1. The van der Waals surface area contributed by atoms with Gasteiger partial charge in [0.05, 0.1) is 11.4 Å². The molecule has 0 saturated carbocycles. The Balaban J connectivity index is 1.35. The average molecular weight is 637 g/mol. The summed E-state index contributed by atoms with van der Waals surface area (Å²) in [6.45, 7) is 0. The molecular formula is C48H32N2. The van der Waals surface area contributed by atoms with Crippen molar-refractivity contribution in [2.75, 3.05) is 0 Å². The van der Waals surface area contributed by atoms with Crippen LogP contribution in [0.5, 0.6) is 0 Å². The predicted molar refractivity (Wildman–Crippen MR) is 210 cm³/mol. The molecule has 2 heterocycles. The van der Waals surface area contributed by atoms with Crippen LogP contribution in [0, 0.1) is 0 Å². The summed E-state index contributed by atoms with van der Waals surface area (Å²) in [5, 5.41) is 4.85. The third-order valence-electron chi connectivity index (χ3n) is 9.57. The zero-order valence-corrected chi connectivity index (χ0v) is 27.4. The highest BCUT2D eigenvalue weighted by Gasteiger charge is 2.19. The van der Waals surface area contributed by atoms with E-state index in [1.165, 1.54) is 60.5 Å². The van der Waals surface area contributed by atoms with Crippen molar-refractivity contribution in [1.82, 2.24) is 9.97 Å². The van der Waals surface area contributed by atoms with Crippen molar-refractivity contribution in [3.05, 3.63) is 194 Å². The van der Waals surface area contributed by atoms with Gasteiger partial charge in [-0.15, -0.1) is 0 Å². The zero-order chi connectivity index (χ0) is 33.3. The molecule has 2 aromatic heterocycles. The van der Waals surface area contributed by atoms with Gasteiger partial charge in [-0.1, -0.05) is 140 Å². The van der Waals surface area contributed by atoms with Crippen molar-refractivity contribution in [2.24, 2.45) is 0 Å². The van der Waals surface area contributed by atoms with Crippen molar-refractivity contribution >= 4 is 21.5 Å². The summed E-state index contributed by atoms with van der Waals surface area (Å²) in [4.78, 5) is 9.35. The summed E-state index contributed by atoms with van der Waals surface area (Å²) in [6.07, 6.45) is 3.71. The summed E-state index contributed by atoms with van der Waals surface area (Å²) >= 11 is 0. The largest absolute Gasteiger partial charge is 0.256 e. The first-order valence-electron chi connectivity index (χ1n) is 17.0. The lowest BCUT2D eigenvalue weighted by atomic mass is 9.83. The number of nitrogens with zero attached hydrogens (tertiary/aromatic N) is 2. The highest BCUT2D eigenvalue weighted by atomic mass is 14.7. The van der Waals surface area contributed by atoms with E-state index in [0.29, 0.717) is 0 Å². The van der Waals surface area contributed by atoms with Crippen molar-refractivity contribution < 1.29 is 0 Å². The van der Waals surface area contributed by atoms with Crippen molar-refractivity contribution in [2.45, 2.75) is 0 Å². The monoisotopic (exact) mass is 636 g/mol. The normalized spacial score (nSPS) is 11.2. The van der Waals surface area contributed by atoms with Crippen LogP contribution in [0.3, 0.4) is 0 Å². The fourth-order valence-electron chi connectivity index (χ4n) is 7.31. The zero-order valence-electron chi connectivity index (χ0n) is 27.4. The van der Waals surface area contributed by atoms with Gasteiger partial charge in [-0.3, -0.25) is 9.97 Å². The molecule has 0 fully saturated rings. The number of aromatic nitrogens is 2. The lowest BCUT2D eigenvalue weighted by Gasteiger charge is -2.20. The molecule has 0 N–H and O–H groups in total. The molecule has 0 atom stereocenters. The van der Waals surface area contributed by atoms with Gasteiger partial charge < -0.3 is 0 Å². The topological polar surface area (TPSA) is 25.8 Å². The molecule has 2 heteroatoms. The van der Waals surface area contributed by atoms with E-state index in [1.54, 1.807) is 0 Å². The van der Waals surface area contributed by atoms with Gasteiger partial charge in [-0.25, -0.2) is 0 Å². The molecule has 7 aromatic carbocycles. The first-order chi connectivity index (χ1) is 24.8. The molecule has 0 aliphatic carbocycles. The minimum absolute atomic E-state index is 0.961. The van der Waals surface area contributed by atoms with Gasteiger partial charge >= 0.3 is 0 Å². The summed E-state index contributed by atoms with van der Waals surface area (Å²) < 4.78 is 0. The maximum atomic E-state index is 4.68. The number of fused-ring (bicyclic) bond motifs is 2. The Hall–Kier alpha value is -6.64. The van der Waals surface area contributed by atoms with E-state index < -0.39 is 0 Å². The third kappa shape index (κ3) is 5.34. The average Bonchev–Trinajstić information content (AvgIpc) is 3.21. The Morgan fingerprint density at radius 3 is 1.30 bits per heavy atom. The molecule has 0 amide bonds. The number of benzene rings is 7. The molecule has 234 valence electrons. The molecule has 0 spiro atoms. The summed E-state index contributed by atoms with van der Waals surface area (Å²) in [7, 11) is 0. The maximum absolute atomic E-state index is 4.68. The first-order valence-corrected chi connectivity index (χ1v) is 17.0. The van der Waals surface area contributed by atoms with Gasteiger partial charge in [0, 0.05) is 23.5 Å². The van der Waals surface area contributed by atoms with E-state index in [2.05, 4.69) is 168 Å². The van der Waals surface area contributed by atoms with Gasteiger partial charge in [0.2, 0.25) is 0 Å². The number of pyridine rings is 2. The van der Waals surface area contributed by atoms with Crippen LogP contribution in [0.2, 0.25) is 0 Å². The second-order valence-corrected chi connectivity index (χ2v) is 12.6. The van der Waals surface area contributed by atoms with Crippen molar-refractivity contribution in [1.29, 1.82) is 0 Å². The molecule has 9 rings (SSSR count). The van der Waals surface area contributed by atoms with E-state index in [9.17, 15) is 0 Å². The highest BCUT2D eigenvalue weighted by molar-refractivity contribution is 6.22. The summed E-state index contributed by atoms with van der Waals surface area (Å²) in [5.74, 6) is 0. The van der Waals surface area contributed by atoms with E-state index >= 15 is 0 Å². The Kier molecular flexibility index (Phi) is 7.53. The molecule has 50 heavy (non-hydrogen) atoms. The lowest BCUT2D eigenvalue weighted by Crippen LogP contribution is -1.93. The van der Waals surface area contributed by atoms with E-state index in [0.717, 1.165) is 28.1 Å². The van der Waals surface area contributed by atoms with Crippen LogP contribution in [0.1, 0.15) is 0 Å². The quantitative estimate of drug-likeness (QED) is 0.170. The molecule has 2 nitrogen and oxygen atoms in total. The molecule has 0 radical (unpaired) electrons. The third-order valence-corrected chi connectivity index (χ3v) is 9.57. The van der Waals surface area contributed by atoms with Gasteiger partial charge in [-0.05, 0) is 109 Å². The molecule has 0 saturated heterocycles. The number of rotatable bonds is 6. The first kappa shape index (κ1) is 29.5. The summed E-state index contributed by atoms with van der Waals surface area (Å²) in [6, 6.07) is 65.0. The van der Waals surface area contributed by atoms with Crippen LogP contribution in [0.4, 0.5) is 0 Å². The van der Waals surface area contributed by atoms with E-state index in [4.69, 9.17) is 0 Å². The fourth-order valence-corrected chi connectivity index (χ4v) is 7.31. The minimum Gasteiger partial charge on any atom is -0.256 e.